The van der Waals surface area contributed by atoms with Gasteiger partial charge in [0.05, 0.1) is 43.4 Å². The van der Waals surface area contributed by atoms with E-state index in [2.05, 4.69) is 35.4 Å². The molecule has 2 aromatic rings. The fourth-order valence-electron chi connectivity index (χ4n) is 8.35. The van der Waals surface area contributed by atoms with Gasteiger partial charge in [-0.05, 0) is 25.3 Å². The first-order valence-corrected chi connectivity index (χ1v) is 12.8. The second-order valence-electron chi connectivity index (χ2n) is 10.9. The van der Waals surface area contributed by atoms with Crippen LogP contribution in [0.3, 0.4) is 0 Å². The number of cyclic esters (lactones) is 1. The lowest BCUT2D eigenvalue weighted by Crippen LogP contribution is -2.60. The Kier molecular flexibility index (Phi) is 3.95. The minimum atomic E-state index is -0.757. The van der Waals surface area contributed by atoms with Crippen LogP contribution in [0.25, 0.3) is 0 Å². The number of rotatable bonds is 4. The Hall–Kier alpha value is -3.17. The van der Waals surface area contributed by atoms with Crippen molar-refractivity contribution in [1.82, 2.24) is 19.9 Å². The summed E-state index contributed by atoms with van der Waals surface area (Å²) in [6.07, 6.45) is 4.00. The number of ether oxygens (including phenoxy) is 4. The van der Waals surface area contributed by atoms with E-state index in [4.69, 9.17) is 24.0 Å². The van der Waals surface area contributed by atoms with E-state index in [9.17, 15) is 4.79 Å². The van der Waals surface area contributed by atoms with Crippen molar-refractivity contribution >= 4 is 5.97 Å². The summed E-state index contributed by atoms with van der Waals surface area (Å²) in [5.74, 6) is 0.701. The molecule has 36 heavy (non-hydrogen) atoms. The average molecular weight is 489 g/mol. The largest absolute Gasteiger partial charge is 0.492 e. The summed E-state index contributed by atoms with van der Waals surface area (Å²) in [5.41, 5.74) is 2.30. The van der Waals surface area contributed by atoms with Crippen molar-refractivity contribution in [3.8, 4) is 0 Å². The van der Waals surface area contributed by atoms with Crippen LogP contribution in [0.1, 0.15) is 37.9 Å². The van der Waals surface area contributed by atoms with Crippen LogP contribution in [0.5, 0.6) is 0 Å². The number of carbonyl (C=O) groups is 1. The molecule has 186 valence electrons. The van der Waals surface area contributed by atoms with Gasteiger partial charge in [0.2, 0.25) is 11.5 Å². The molecule has 0 saturated carbocycles. The van der Waals surface area contributed by atoms with Gasteiger partial charge in [-0.3, -0.25) is 4.90 Å². The van der Waals surface area contributed by atoms with Crippen LogP contribution < -0.4 is 0 Å². The first-order valence-electron chi connectivity index (χ1n) is 12.8. The summed E-state index contributed by atoms with van der Waals surface area (Å²) in [6, 6.07) is 10.6. The van der Waals surface area contributed by atoms with Crippen LogP contribution >= 0.6 is 0 Å². The van der Waals surface area contributed by atoms with Gasteiger partial charge in [0, 0.05) is 18.5 Å². The zero-order valence-electron chi connectivity index (χ0n) is 20.5. The number of aromatic nitrogens is 3. The molecule has 0 N–H and O–H groups in total. The molecule has 5 fully saturated rings. The van der Waals surface area contributed by atoms with Crippen LogP contribution in [-0.4, -0.2) is 57.5 Å². The predicted octanol–water partition coefficient (Wildman–Crippen LogP) is 2.70. The van der Waals surface area contributed by atoms with E-state index in [1.807, 2.05) is 22.9 Å². The molecule has 1 aromatic heterocycles. The van der Waals surface area contributed by atoms with E-state index >= 15 is 0 Å². The zero-order chi connectivity index (χ0) is 24.4. The van der Waals surface area contributed by atoms with Crippen molar-refractivity contribution in [1.29, 1.82) is 0 Å². The smallest absolute Gasteiger partial charge is 0.343 e. The molecule has 0 amide bonds. The lowest BCUT2D eigenvalue weighted by Gasteiger charge is -2.47. The maximum Gasteiger partial charge on any atom is 0.343 e. The number of nitrogens with zero attached hydrogens (tertiary/aromatic N) is 4. The number of methoxy groups -OCH3 is 1. The minimum absolute atomic E-state index is 0.00465. The van der Waals surface area contributed by atoms with E-state index < -0.39 is 5.79 Å². The molecule has 6 aliphatic heterocycles. The van der Waals surface area contributed by atoms with Crippen LogP contribution in [0.15, 0.2) is 59.4 Å². The van der Waals surface area contributed by atoms with Gasteiger partial charge >= 0.3 is 5.97 Å². The van der Waals surface area contributed by atoms with Crippen LogP contribution in [0.2, 0.25) is 0 Å². The van der Waals surface area contributed by atoms with Gasteiger partial charge in [0.15, 0.2) is 5.76 Å². The van der Waals surface area contributed by atoms with Crippen molar-refractivity contribution in [3.05, 3.63) is 70.6 Å². The molecule has 8 rings (SSSR count). The highest BCUT2D eigenvalue weighted by atomic mass is 16.7. The number of piperidine rings is 1. The highest BCUT2D eigenvalue weighted by Crippen LogP contribution is 2.74. The molecule has 0 radical (unpaired) electrons. The molecular weight excluding hydrogens is 460 g/mol. The summed E-state index contributed by atoms with van der Waals surface area (Å²) < 4.78 is 26.9. The molecule has 9 nitrogen and oxygen atoms in total. The molecule has 1 aromatic carbocycles. The molecule has 7 heterocycles. The maximum atomic E-state index is 12.4. The van der Waals surface area contributed by atoms with Crippen molar-refractivity contribution in [3.63, 3.8) is 0 Å². The zero-order valence-corrected chi connectivity index (χ0v) is 20.5. The van der Waals surface area contributed by atoms with Gasteiger partial charge in [-0.15, -0.1) is 5.10 Å². The lowest BCUT2D eigenvalue weighted by molar-refractivity contribution is -0.256. The lowest BCUT2D eigenvalue weighted by atomic mass is 9.70. The van der Waals surface area contributed by atoms with E-state index in [-0.39, 0.29) is 35.4 Å². The Balaban J connectivity index is 1.20. The van der Waals surface area contributed by atoms with Gasteiger partial charge < -0.3 is 18.9 Å². The fourth-order valence-corrected chi connectivity index (χ4v) is 8.35. The second kappa shape index (κ2) is 6.77. The van der Waals surface area contributed by atoms with Gasteiger partial charge in [-0.2, -0.15) is 0 Å². The molecule has 6 aliphatic rings. The van der Waals surface area contributed by atoms with Crippen molar-refractivity contribution in [2.45, 2.75) is 56.7 Å². The summed E-state index contributed by atoms with van der Waals surface area (Å²) in [5, 5.41) is 9.24. The highest BCUT2D eigenvalue weighted by molar-refractivity contribution is 5.93. The second-order valence-corrected chi connectivity index (χ2v) is 10.9. The van der Waals surface area contributed by atoms with Crippen LogP contribution in [0, 0.1) is 17.8 Å². The van der Waals surface area contributed by atoms with Gasteiger partial charge in [-0.25, -0.2) is 9.48 Å². The van der Waals surface area contributed by atoms with Gasteiger partial charge in [0.1, 0.15) is 17.0 Å². The Bertz CT molecular complexity index is 1370. The Morgan fingerprint density at radius 2 is 2.08 bits per heavy atom. The summed E-state index contributed by atoms with van der Waals surface area (Å²) >= 11 is 0. The molecule has 8 atom stereocenters. The molecule has 5 saturated heterocycles. The number of esters is 1. The van der Waals surface area contributed by atoms with Crippen molar-refractivity contribution in [2.24, 2.45) is 17.8 Å². The topological polar surface area (TPSA) is 87.9 Å². The average Bonchev–Trinajstić information content (AvgIpc) is 3.67. The maximum absolute atomic E-state index is 12.4. The van der Waals surface area contributed by atoms with E-state index in [1.165, 1.54) is 5.56 Å². The summed E-state index contributed by atoms with van der Waals surface area (Å²) in [4.78, 5) is 15.0. The molecule has 1 spiro atoms. The highest BCUT2D eigenvalue weighted by Gasteiger charge is 2.85. The third-order valence-electron chi connectivity index (χ3n) is 9.54. The van der Waals surface area contributed by atoms with Crippen molar-refractivity contribution in [2.75, 3.05) is 13.7 Å². The molecule has 5 bridgehead atoms. The third-order valence-corrected chi connectivity index (χ3v) is 9.54. The molecule has 1 unspecified atom stereocenters. The number of hydrogen-bond donors (Lipinski definition) is 0. The predicted molar refractivity (Wildman–Crippen MR) is 125 cm³/mol. The Morgan fingerprint density at radius 1 is 1.25 bits per heavy atom. The number of carbonyl (C=O) groups excluding carboxylic acids is 1. The number of fused-ring (bicyclic) bond motifs is 1. The normalized spacial score (nSPS) is 43.4. The molecule has 9 heteroatoms. The minimum Gasteiger partial charge on any atom is -0.492 e. The number of allylic oxidation sites excluding steroid dienone is 1. The van der Waals surface area contributed by atoms with E-state index in [0.29, 0.717) is 35.4 Å². The monoisotopic (exact) mass is 488 g/mol. The number of benzene rings is 1. The van der Waals surface area contributed by atoms with Gasteiger partial charge in [0.25, 0.3) is 0 Å². The first kappa shape index (κ1) is 21.0. The molecular formula is C27H28N4O5. The fraction of sp³-hybridized carbons (Fsp3) is 0.519. The molecule has 0 aliphatic carbocycles. The van der Waals surface area contributed by atoms with Crippen molar-refractivity contribution < 1.29 is 23.7 Å². The van der Waals surface area contributed by atoms with Crippen LogP contribution in [-0.2, 0) is 35.8 Å². The standard InChI is InChI=1S/C27H28N4O5/c1-14-21-17-11-20-26(19-13-30(29-28-19)12-16-7-5-4-6-8-16)18(9-10-31(17)26)27(21,35-20)36-23(14)24-22(33-3)15(2)25(32)34-24/h4-8,13-14,17-18,20-21H,9-12H2,1-3H3/b24-23-/t14-,17-,18+,20-,21+,26-,27+/m0/s1. The van der Waals surface area contributed by atoms with Gasteiger partial charge in [-0.1, -0.05) is 42.5 Å². The quantitative estimate of drug-likeness (QED) is 0.607. The first-order chi connectivity index (χ1) is 17.5. The van der Waals surface area contributed by atoms with Crippen LogP contribution in [0.4, 0.5) is 0 Å². The van der Waals surface area contributed by atoms with E-state index in [0.717, 1.165) is 25.1 Å². The Morgan fingerprint density at radius 3 is 2.89 bits per heavy atom. The third kappa shape index (κ3) is 2.23. The SMILES string of the molecule is COC1=C(C)C(=O)O/C1=C1\O[C@@]23O[C@H]4C[C@@H]([C@H]2[C@@H]1C)N1CC[C@@H]3[C@]41c1cn(Cc2ccccc2)nn1. The summed E-state index contributed by atoms with van der Waals surface area (Å²) in [7, 11) is 1.56. The summed E-state index contributed by atoms with van der Waals surface area (Å²) in [6.45, 7) is 5.56. The number of hydrogen-bond acceptors (Lipinski definition) is 8. The van der Waals surface area contributed by atoms with E-state index in [1.54, 1.807) is 14.0 Å². The Labute approximate surface area is 208 Å².